The van der Waals surface area contributed by atoms with E-state index in [0.717, 1.165) is 6.92 Å². The molecule has 0 aliphatic carbocycles. The lowest BCUT2D eigenvalue weighted by molar-refractivity contribution is -0.165. The molecule has 1 heterocycles. The molecule has 1 aliphatic heterocycles. The number of nitriles is 1. The van der Waals surface area contributed by atoms with E-state index in [9.17, 15) is 19.2 Å². The molecule has 23 heavy (non-hydrogen) atoms. The maximum Gasteiger partial charge on any atom is 0.290 e. The van der Waals surface area contributed by atoms with Crippen LogP contribution in [-0.4, -0.2) is 33.6 Å². The number of amides is 4. The molecule has 0 atom stereocenters. The molecule has 7 heteroatoms. The van der Waals surface area contributed by atoms with E-state index in [1.54, 1.807) is 24.3 Å². The van der Waals surface area contributed by atoms with Crippen LogP contribution in [-0.2, 0) is 14.4 Å². The Labute approximate surface area is 132 Å². The zero-order valence-electron chi connectivity index (χ0n) is 12.6. The van der Waals surface area contributed by atoms with Crippen LogP contribution in [0, 0.1) is 11.3 Å². The molecule has 0 saturated carbocycles. The molecule has 7 nitrogen and oxygen atoms in total. The molecule has 0 bridgehead atoms. The SMILES string of the molecule is CC(=O)N(C(=O)c1ccccc1)N1C(=O)CC(C)=C(C#N)C1=O. The molecular formula is C16H13N3O4. The number of rotatable bonds is 2. The molecule has 0 aromatic heterocycles. The highest BCUT2D eigenvalue weighted by atomic mass is 16.2. The summed E-state index contributed by atoms with van der Waals surface area (Å²) in [7, 11) is 0. The minimum absolute atomic E-state index is 0.146. The Hall–Kier alpha value is -3.27. The van der Waals surface area contributed by atoms with Crippen molar-refractivity contribution in [3.8, 4) is 6.07 Å². The summed E-state index contributed by atoms with van der Waals surface area (Å²) in [5.41, 5.74) is 0.221. The van der Waals surface area contributed by atoms with Crippen LogP contribution in [0.4, 0.5) is 0 Å². The maximum absolute atomic E-state index is 12.5. The number of benzene rings is 1. The first-order chi connectivity index (χ1) is 10.9. The molecule has 1 aliphatic rings. The topological polar surface area (TPSA) is 98.6 Å². The average Bonchev–Trinajstić information content (AvgIpc) is 2.51. The maximum atomic E-state index is 12.5. The summed E-state index contributed by atoms with van der Waals surface area (Å²) in [6.07, 6.45) is -0.208. The van der Waals surface area contributed by atoms with Gasteiger partial charge in [-0.05, 0) is 24.6 Å². The van der Waals surface area contributed by atoms with Gasteiger partial charge < -0.3 is 0 Å². The molecule has 0 N–H and O–H groups in total. The molecular weight excluding hydrogens is 298 g/mol. The van der Waals surface area contributed by atoms with Crippen LogP contribution in [0.5, 0.6) is 0 Å². The van der Waals surface area contributed by atoms with Gasteiger partial charge in [0.25, 0.3) is 17.7 Å². The number of carbonyl (C=O) groups is 4. The van der Waals surface area contributed by atoms with Crippen LogP contribution in [0.1, 0.15) is 30.6 Å². The van der Waals surface area contributed by atoms with Gasteiger partial charge in [0.2, 0.25) is 5.91 Å². The molecule has 116 valence electrons. The average molecular weight is 311 g/mol. The van der Waals surface area contributed by atoms with Crippen LogP contribution in [0.15, 0.2) is 41.5 Å². The molecule has 0 radical (unpaired) electrons. The van der Waals surface area contributed by atoms with Gasteiger partial charge in [0.05, 0.1) is 6.42 Å². The molecule has 0 spiro atoms. The second-order valence-electron chi connectivity index (χ2n) is 4.96. The van der Waals surface area contributed by atoms with Gasteiger partial charge in [-0.1, -0.05) is 18.2 Å². The van der Waals surface area contributed by atoms with Crippen molar-refractivity contribution in [2.45, 2.75) is 20.3 Å². The van der Waals surface area contributed by atoms with Crippen molar-refractivity contribution in [3.63, 3.8) is 0 Å². The van der Waals surface area contributed by atoms with Crippen LogP contribution < -0.4 is 0 Å². The predicted molar refractivity (Wildman–Crippen MR) is 78.1 cm³/mol. The summed E-state index contributed by atoms with van der Waals surface area (Å²) < 4.78 is 0. The second kappa shape index (κ2) is 6.23. The zero-order valence-corrected chi connectivity index (χ0v) is 12.6. The standard InChI is InChI=1S/C16H13N3O4/c1-10-8-14(21)19(16(23)13(10)9-17)18(11(2)20)15(22)12-6-4-3-5-7-12/h3-7H,8H2,1-2H3. The molecule has 0 fully saturated rings. The number of imide groups is 2. The Morgan fingerprint density at radius 2 is 1.83 bits per heavy atom. The minimum atomic E-state index is -0.972. The third kappa shape index (κ3) is 2.87. The first-order valence-corrected chi connectivity index (χ1v) is 6.75. The van der Waals surface area contributed by atoms with E-state index in [0.29, 0.717) is 15.6 Å². The van der Waals surface area contributed by atoms with Gasteiger partial charge in [0.1, 0.15) is 11.6 Å². The number of hydrazine groups is 1. The molecule has 4 amide bonds. The highest BCUT2D eigenvalue weighted by Crippen LogP contribution is 2.22. The highest BCUT2D eigenvalue weighted by Gasteiger charge is 2.40. The number of hydrogen-bond acceptors (Lipinski definition) is 5. The highest BCUT2D eigenvalue weighted by molar-refractivity contribution is 6.15. The van der Waals surface area contributed by atoms with E-state index in [1.165, 1.54) is 19.1 Å². The van der Waals surface area contributed by atoms with Gasteiger partial charge >= 0.3 is 0 Å². The lowest BCUT2D eigenvalue weighted by Crippen LogP contribution is -2.56. The number of hydrogen-bond donors (Lipinski definition) is 0. The van der Waals surface area contributed by atoms with Crippen molar-refractivity contribution in [2.24, 2.45) is 0 Å². The van der Waals surface area contributed by atoms with Gasteiger partial charge in [0, 0.05) is 12.5 Å². The Balaban J connectivity index is 2.49. The van der Waals surface area contributed by atoms with Crippen LogP contribution in [0.3, 0.4) is 0 Å². The third-order valence-corrected chi connectivity index (χ3v) is 3.31. The molecule has 0 unspecified atom stereocenters. The summed E-state index contributed by atoms with van der Waals surface area (Å²) in [5, 5.41) is 9.98. The first kappa shape index (κ1) is 16.1. The minimum Gasteiger partial charge on any atom is -0.273 e. The van der Waals surface area contributed by atoms with E-state index in [-0.39, 0.29) is 17.6 Å². The molecule has 1 aromatic carbocycles. The van der Waals surface area contributed by atoms with Gasteiger partial charge in [-0.2, -0.15) is 15.3 Å². The van der Waals surface area contributed by atoms with Crippen molar-refractivity contribution < 1.29 is 19.2 Å². The number of nitrogens with zero attached hydrogens (tertiary/aromatic N) is 3. The molecule has 1 aromatic rings. The van der Waals surface area contributed by atoms with E-state index in [1.807, 2.05) is 0 Å². The quantitative estimate of drug-likeness (QED) is 0.764. The Bertz CT molecular complexity index is 774. The lowest BCUT2D eigenvalue weighted by Gasteiger charge is -2.33. The second-order valence-corrected chi connectivity index (χ2v) is 4.96. The largest absolute Gasteiger partial charge is 0.290 e. The van der Waals surface area contributed by atoms with Crippen molar-refractivity contribution in [2.75, 3.05) is 0 Å². The molecule has 2 rings (SSSR count). The van der Waals surface area contributed by atoms with E-state index in [2.05, 4.69) is 0 Å². The smallest absolute Gasteiger partial charge is 0.273 e. The predicted octanol–water partition coefficient (Wildman–Crippen LogP) is 1.19. The summed E-state index contributed by atoms with van der Waals surface area (Å²) in [5.74, 6) is -3.30. The summed E-state index contributed by atoms with van der Waals surface area (Å²) >= 11 is 0. The van der Waals surface area contributed by atoms with Crippen LogP contribution in [0.2, 0.25) is 0 Å². The first-order valence-electron chi connectivity index (χ1n) is 6.75. The van der Waals surface area contributed by atoms with Crippen LogP contribution in [0.25, 0.3) is 0 Å². The Morgan fingerprint density at radius 1 is 1.22 bits per heavy atom. The van der Waals surface area contributed by atoms with Crippen LogP contribution >= 0.6 is 0 Å². The summed E-state index contributed by atoms with van der Waals surface area (Å²) in [6, 6.07) is 9.51. The summed E-state index contributed by atoms with van der Waals surface area (Å²) in [4.78, 5) is 48.9. The summed E-state index contributed by atoms with van der Waals surface area (Å²) in [6.45, 7) is 2.56. The van der Waals surface area contributed by atoms with Gasteiger partial charge in [-0.25, -0.2) is 0 Å². The van der Waals surface area contributed by atoms with E-state index < -0.39 is 23.6 Å². The fourth-order valence-corrected chi connectivity index (χ4v) is 2.22. The van der Waals surface area contributed by atoms with Crippen molar-refractivity contribution >= 4 is 23.6 Å². The van der Waals surface area contributed by atoms with E-state index >= 15 is 0 Å². The van der Waals surface area contributed by atoms with Gasteiger partial charge in [0.15, 0.2) is 0 Å². The monoisotopic (exact) mass is 311 g/mol. The molecule has 0 saturated heterocycles. The number of carbonyl (C=O) groups excluding carboxylic acids is 4. The van der Waals surface area contributed by atoms with Crippen molar-refractivity contribution in [1.82, 2.24) is 10.0 Å². The van der Waals surface area contributed by atoms with Crippen molar-refractivity contribution in [1.29, 1.82) is 5.26 Å². The fourth-order valence-electron chi connectivity index (χ4n) is 2.22. The fraction of sp³-hybridized carbons (Fsp3) is 0.188. The van der Waals surface area contributed by atoms with E-state index in [4.69, 9.17) is 5.26 Å². The third-order valence-electron chi connectivity index (χ3n) is 3.31. The Morgan fingerprint density at radius 3 is 2.35 bits per heavy atom. The van der Waals surface area contributed by atoms with Crippen molar-refractivity contribution in [3.05, 3.63) is 47.0 Å². The lowest BCUT2D eigenvalue weighted by atomic mass is 10.0. The van der Waals surface area contributed by atoms with Gasteiger partial charge in [-0.15, -0.1) is 0 Å². The Kier molecular flexibility index (Phi) is 4.37. The van der Waals surface area contributed by atoms with Gasteiger partial charge in [-0.3, -0.25) is 19.2 Å². The normalized spacial score (nSPS) is 14.6. The zero-order chi connectivity index (χ0) is 17.1.